The average molecular weight is 576 g/mol. The molecule has 0 heterocycles. The smallest absolute Gasteiger partial charge is 0.412 e. The molecule has 0 aromatic heterocycles. The fourth-order valence-corrected chi connectivity index (χ4v) is 3.90. The third-order valence-electron chi connectivity index (χ3n) is 5.90. The van der Waals surface area contributed by atoms with E-state index in [-0.39, 0.29) is 11.9 Å². The predicted molar refractivity (Wildman–Crippen MR) is 166 cm³/mol. The second-order valence-corrected chi connectivity index (χ2v) is 10.9. The first kappa shape index (κ1) is 32.0. The Morgan fingerprint density at radius 2 is 1.48 bits per heavy atom. The van der Waals surface area contributed by atoms with Crippen LogP contribution in [0.2, 0.25) is 0 Å². The molecule has 0 bridgehead atoms. The number of nitrogens with zero attached hydrogens (tertiary/aromatic N) is 2. The first-order chi connectivity index (χ1) is 19.9. The highest BCUT2D eigenvalue weighted by molar-refractivity contribution is 6.06. The van der Waals surface area contributed by atoms with Crippen LogP contribution in [0.15, 0.2) is 72.8 Å². The van der Waals surface area contributed by atoms with E-state index in [1.165, 1.54) is 0 Å². The molecule has 0 spiro atoms. The van der Waals surface area contributed by atoms with Gasteiger partial charge in [-0.25, -0.2) is 9.59 Å². The van der Waals surface area contributed by atoms with Crippen molar-refractivity contribution in [2.24, 2.45) is 0 Å². The molecule has 3 rings (SSSR count). The maximum absolute atomic E-state index is 13.2. The number of urea groups is 1. The summed E-state index contributed by atoms with van der Waals surface area (Å²) in [5.41, 5.74) is 2.16. The van der Waals surface area contributed by atoms with Crippen molar-refractivity contribution in [1.29, 1.82) is 0 Å². The van der Waals surface area contributed by atoms with Crippen LogP contribution in [0.4, 0.5) is 26.7 Å². The summed E-state index contributed by atoms with van der Waals surface area (Å²) in [5, 5.41) is 8.49. The summed E-state index contributed by atoms with van der Waals surface area (Å²) < 4.78 is 10.9. The minimum Gasteiger partial charge on any atom is -0.494 e. The highest BCUT2D eigenvalue weighted by Crippen LogP contribution is 2.23. The van der Waals surface area contributed by atoms with E-state index in [0.717, 1.165) is 5.56 Å². The van der Waals surface area contributed by atoms with Gasteiger partial charge in [-0.1, -0.05) is 30.3 Å². The first-order valence-corrected chi connectivity index (χ1v) is 13.9. The Kier molecular flexibility index (Phi) is 11.3. The molecule has 10 nitrogen and oxygen atoms in total. The van der Waals surface area contributed by atoms with E-state index in [1.807, 2.05) is 56.3 Å². The number of amides is 4. The normalized spacial score (nSPS) is 11.0. The van der Waals surface area contributed by atoms with E-state index in [4.69, 9.17) is 9.47 Å². The maximum Gasteiger partial charge on any atom is 0.412 e. The summed E-state index contributed by atoms with van der Waals surface area (Å²) in [7, 11) is 3.91. The van der Waals surface area contributed by atoms with Crippen LogP contribution >= 0.6 is 0 Å². The van der Waals surface area contributed by atoms with Gasteiger partial charge in [0.25, 0.3) is 5.91 Å². The summed E-state index contributed by atoms with van der Waals surface area (Å²) >= 11 is 0. The lowest BCUT2D eigenvalue weighted by atomic mass is 10.1. The molecular weight excluding hydrogens is 534 g/mol. The largest absolute Gasteiger partial charge is 0.494 e. The van der Waals surface area contributed by atoms with Crippen molar-refractivity contribution >= 4 is 35.1 Å². The van der Waals surface area contributed by atoms with Gasteiger partial charge in [0.05, 0.1) is 18.0 Å². The van der Waals surface area contributed by atoms with Gasteiger partial charge in [-0.2, -0.15) is 0 Å². The fourth-order valence-electron chi connectivity index (χ4n) is 3.90. The van der Waals surface area contributed by atoms with Crippen molar-refractivity contribution in [3.05, 3.63) is 83.9 Å². The zero-order valence-corrected chi connectivity index (χ0v) is 25.2. The van der Waals surface area contributed by atoms with E-state index >= 15 is 0 Å². The molecule has 224 valence electrons. The van der Waals surface area contributed by atoms with Crippen LogP contribution in [-0.2, 0) is 11.3 Å². The number of hydrogen-bond donors (Lipinski definition) is 3. The molecule has 0 aliphatic rings. The topological polar surface area (TPSA) is 112 Å². The summed E-state index contributed by atoms with van der Waals surface area (Å²) in [6, 6.07) is 21.0. The first-order valence-electron chi connectivity index (χ1n) is 13.9. The molecule has 0 saturated heterocycles. The molecule has 0 aliphatic heterocycles. The standard InChI is InChI=1S/C32H41N5O5/c1-7-41-26-12-10-11-25(21-26)33-30(39)37(20-19-36(5)6)22-23-15-17-24(18-16-23)29(38)34-27-13-8-9-14-28(27)35-31(40)42-32(2,3)4/h8-18,21H,7,19-20,22H2,1-6H3,(H,33,39)(H,34,38)(H,35,40). The molecule has 10 heteroatoms. The average Bonchev–Trinajstić information content (AvgIpc) is 2.91. The van der Waals surface area contributed by atoms with Gasteiger partial charge in [-0.05, 0) is 83.8 Å². The third-order valence-corrected chi connectivity index (χ3v) is 5.90. The lowest BCUT2D eigenvalue weighted by Crippen LogP contribution is -2.39. The summed E-state index contributed by atoms with van der Waals surface area (Å²) in [6.07, 6.45) is -0.613. The Morgan fingerprint density at radius 3 is 2.10 bits per heavy atom. The Hall–Kier alpha value is -4.57. The van der Waals surface area contributed by atoms with Crippen LogP contribution in [0.25, 0.3) is 0 Å². The van der Waals surface area contributed by atoms with Crippen molar-refractivity contribution in [1.82, 2.24) is 9.80 Å². The van der Waals surface area contributed by atoms with Crippen molar-refractivity contribution < 1.29 is 23.9 Å². The molecule has 3 aromatic rings. The minimum atomic E-state index is -0.651. The zero-order chi connectivity index (χ0) is 30.7. The predicted octanol–water partition coefficient (Wildman–Crippen LogP) is 6.28. The molecular formula is C32H41N5O5. The number of benzene rings is 3. The Labute approximate surface area is 248 Å². The van der Waals surface area contributed by atoms with Crippen LogP contribution in [0.5, 0.6) is 5.75 Å². The fraction of sp³-hybridized carbons (Fsp3) is 0.344. The van der Waals surface area contributed by atoms with Crippen LogP contribution in [0.3, 0.4) is 0 Å². The van der Waals surface area contributed by atoms with Gasteiger partial charge in [0.1, 0.15) is 11.4 Å². The number of carbonyl (C=O) groups is 3. The SMILES string of the molecule is CCOc1cccc(NC(=O)N(CCN(C)C)Cc2ccc(C(=O)Nc3ccccc3NC(=O)OC(C)(C)C)cc2)c1. The van der Waals surface area contributed by atoms with Crippen LogP contribution in [0, 0.1) is 0 Å². The van der Waals surface area contributed by atoms with Gasteiger partial charge >= 0.3 is 12.1 Å². The third kappa shape index (κ3) is 10.4. The quantitative estimate of drug-likeness (QED) is 0.248. The summed E-state index contributed by atoms with van der Waals surface area (Å²) in [6.45, 7) is 9.33. The second kappa shape index (κ2) is 14.9. The molecule has 4 amide bonds. The van der Waals surface area contributed by atoms with Gasteiger partial charge in [0.15, 0.2) is 0 Å². The molecule has 0 atom stereocenters. The maximum atomic E-state index is 13.2. The highest BCUT2D eigenvalue weighted by atomic mass is 16.6. The number of hydrogen-bond acceptors (Lipinski definition) is 6. The molecule has 0 aliphatic carbocycles. The zero-order valence-electron chi connectivity index (χ0n) is 25.2. The number of anilines is 3. The Bertz CT molecular complexity index is 1350. The van der Waals surface area contributed by atoms with Crippen LogP contribution in [-0.4, -0.2) is 67.2 Å². The summed E-state index contributed by atoms with van der Waals surface area (Å²) in [4.78, 5) is 42.2. The van der Waals surface area contributed by atoms with Crippen molar-refractivity contribution in [2.75, 3.05) is 49.7 Å². The number of para-hydroxylation sites is 2. The number of likely N-dealkylation sites (N-methyl/N-ethyl adjacent to an activating group) is 1. The molecule has 0 fully saturated rings. The van der Waals surface area contributed by atoms with Gasteiger partial charge < -0.3 is 29.9 Å². The van der Waals surface area contributed by atoms with Crippen molar-refractivity contribution in [3.63, 3.8) is 0 Å². The van der Waals surface area contributed by atoms with E-state index in [1.54, 1.807) is 68.1 Å². The van der Waals surface area contributed by atoms with E-state index < -0.39 is 11.7 Å². The van der Waals surface area contributed by atoms with E-state index in [0.29, 0.717) is 54.6 Å². The number of carbonyl (C=O) groups excluding carboxylic acids is 3. The number of ether oxygens (including phenoxy) is 2. The van der Waals surface area contributed by atoms with Crippen molar-refractivity contribution in [3.8, 4) is 5.75 Å². The molecule has 0 unspecified atom stereocenters. The van der Waals surface area contributed by atoms with E-state index in [9.17, 15) is 14.4 Å². The van der Waals surface area contributed by atoms with Gasteiger partial charge in [-0.15, -0.1) is 0 Å². The minimum absolute atomic E-state index is 0.235. The summed E-state index contributed by atoms with van der Waals surface area (Å²) in [5.74, 6) is 0.351. The lowest BCUT2D eigenvalue weighted by Gasteiger charge is -2.25. The van der Waals surface area contributed by atoms with Gasteiger partial charge in [0, 0.05) is 37.0 Å². The molecule has 0 radical (unpaired) electrons. The Balaban J connectivity index is 1.68. The van der Waals surface area contributed by atoms with Gasteiger partial charge in [0.2, 0.25) is 0 Å². The highest BCUT2D eigenvalue weighted by Gasteiger charge is 2.19. The van der Waals surface area contributed by atoms with Crippen LogP contribution in [0.1, 0.15) is 43.6 Å². The van der Waals surface area contributed by atoms with Gasteiger partial charge in [-0.3, -0.25) is 10.1 Å². The second-order valence-electron chi connectivity index (χ2n) is 10.9. The van der Waals surface area contributed by atoms with Crippen LogP contribution < -0.4 is 20.7 Å². The monoisotopic (exact) mass is 575 g/mol. The van der Waals surface area contributed by atoms with Crippen molar-refractivity contribution in [2.45, 2.75) is 39.8 Å². The number of nitrogens with one attached hydrogen (secondary N) is 3. The molecule has 3 N–H and O–H groups in total. The Morgan fingerprint density at radius 1 is 0.810 bits per heavy atom. The van der Waals surface area contributed by atoms with E-state index in [2.05, 4.69) is 16.0 Å². The molecule has 42 heavy (non-hydrogen) atoms. The molecule has 0 saturated carbocycles. The number of rotatable bonds is 11. The molecule has 3 aromatic carbocycles. The lowest BCUT2D eigenvalue weighted by molar-refractivity contribution is 0.0635.